The number of benzene rings is 1. The summed E-state index contributed by atoms with van der Waals surface area (Å²) < 4.78 is 0. The van der Waals surface area contributed by atoms with Gasteiger partial charge in [0.05, 0.1) is 10.0 Å². The van der Waals surface area contributed by atoms with E-state index in [9.17, 15) is 9.59 Å². The molecule has 0 spiro atoms. The summed E-state index contributed by atoms with van der Waals surface area (Å²) in [5.74, 6) is -0.109. The highest BCUT2D eigenvalue weighted by atomic mass is 35.5. The Morgan fingerprint density at radius 2 is 1.82 bits per heavy atom. The molecule has 0 fully saturated rings. The van der Waals surface area contributed by atoms with E-state index in [1.807, 2.05) is 0 Å². The minimum atomic E-state index is -0.137. The number of nitrogens with zero attached hydrogens (tertiary/aromatic N) is 2. The molecule has 1 rings (SSSR count). The summed E-state index contributed by atoms with van der Waals surface area (Å²) in [6.45, 7) is 4.61. The van der Waals surface area contributed by atoms with Crippen LogP contribution in [0.5, 0.6) is 0 Å². The lowest BCUT2D eigenvalue weighted by molar-refractivity contribution is -0.129. The third-order valence-electron chi connectivity index (χ3n) is 3.42. The van der Waals surface area contributed by atoms with Crippen molar-refractivity contribution in [1.29, 1.82) is 0 Å². The van der Waals surface area contributed by atoms with Crippen molar-refractivity contribution >= 4 is 40.7 Å². The first-order valence-corrected chi connectivity index (χ1v) is 8.09. The summed E-state index contributed by atoms with van der Waals surface area (Å²) in [6.07, 6.45) is 2.30. The van der Waals surface area contributed by atoms with E-state index in [-0.39, 0.29) is 18.2 Å². The summed E-state index contributed by atoms with van der Waals surface area (Å²) >= 11 is 11.9. The Kier molecular flexibility index (Phi) is 7.69. The van der Waals surface area contributed by atoms with Crippen LogP contribution in [-0.4, -0.2) is 36.9 Å². The van der Waals surface area contributed by atoms with E-state index in [4.69, 9.17) is 23.2 Å². The highest BCUT2D eigenvalue weighted by Crippen LogP contribution is 2.27. The molecule has 0 heterocycles. The number of amides is 2. The molecule has 2 amide bonds. The molecule has 0 saturated carbocycles. The molecular weight excluding hydrogens is 323 g/mol. The summed E-state index contributed by atoms with van der Waals surface area (Å²) in [7, 11) is 1.79. The number of rotatable bonds is 7. The van der Waals surface area contributed by atoms with Crippen molar-refractivity contribution < 1.29 is 9.59 Å². The second-order valence-electron chi connectivity index (χ2n) is 5.19. The molecule has 6 heteroatoms. The molecule has 0 aliphatic rings. The average molecular weight is 345 g/mol. The van der Waals surface area contributed by atoms with E-state index >= 15 is 0 Å². The molecule has 1 aromatic carbocycles. The summed E-state index contributed by atoms with van der Waals surface area (Å²) in [5, 5.41) is 0.820. The second kappa shape index (κ2) is 9.01. The van der Waals surface area contributed by atoms with Crippen molar-refractivity contribution in [3.63, 3.8) is 0 Å². The van der Waals surface area contributed by atoms with Gasteiger partial charge in [-0.3, -0.25) is 9.59 Å². The summed E-state index contributed by atoms with van der Waals surface area (Å²) in [6, 6.07) is 5.00. The van der Waals surface area contributed by atoms with Crippen LogP contribution >= 0.6 is 23.2 Å². The molecule has 0 unspecified atom stereocenters. The summed E-state index contributed by atoms with van der Waals surface area (Å²) in [4.78, 5) is 27.1. The number of anilines is 1. The molecule has 122 valence electrons. The molecule has 0 aliphatic carbocycles. The van der Waals surface area contributed by atoms with Crippen LogP contribution in [0.15, 0.2) is 18.2 Å². The number of hydrogen-bond donors (Lipinski definition) is 0. The van der Waals surface area contributed by atoms with Gasteiger partial charge in [-0.1, -0.05) is 36.5 Å². The molecule has 0 aromatic heterocycles. The van der Waals surface area contributed by atoms with Crippen LogP contribution in [-0.2, 0) is 9.59 Å². The van der Waals surface area contributed by atoms with Gasteiger partial charge < -0.3 is 9.80 Å². The van der Waals surface area contributed by atoms with Gasteiger partial charge in [0, 0.05) is 39.2 Å². The smallest absolute Gasteiger partial charge is 0.224 e. The summed E-state index contributed by atoms with van der Waals surface area (Å²) in [5.41, 5.74) is 0.644. The van der Waals surface area contributed by atoms with Gasteiger partial charge in [0.1, 0.15) is 0 Å². The fraction of sp³-hybridized carbons (Fsp3) is 0.500. The van der Waals surface area contributed by atoms with E-state index in [2.05, 4.69) is 6.92 Å². The van der Waals surface area contributed by atoms with Crippen LogP contribution in [0.4, 0.5) is 5.69 Å². The predicted molar refractivity (Wildman–Crippen MR) is 91.7 cm³/mol. The van der Waals surface area contributed by atoms with Crippen LogP contribution in [0.3, 0.4) is 0 Å². The largest absolute Gasteiger partial charge is 0.346 e. The molecule has 0 aliphatic heterocycles. The van der Waals surface area contributed by atoms with Gasteiger partial charge in [-0.15, -0.1) is 0 Å². The van der Waals surface area contributed by atoms with Crippen molar-refractivity contribution in [2.75, 3.05) is 25.0 Å². The van der Waals surface area contributed by atoms with E-state index in [1.54, 1.807) is 30.1 Å². The van der Waals surface area contributed by atoms with Crippen molar-refractivity contribution in [1.82, 2.24) is 4.90 Å². The fourth-order valence-corrected chi connectivity index (χ4v) is 2.33. The Hall–Kier alpha value is -1.26. The van der Waals surface area contributed by atoms with E-state index < -0.39 is 0 Å². The Morgan fingerprint density at radius 1 is 1.14 bits per heavy atom. The first-order chi connectivity index (χ1) is 10.4. The molecule has 4 nitrogen and oxygen atoms in total. The highest BCUT2D eigenvalue weighted by Gasteiger charge is 2.16. The number of hydrogen-bond acceptors (Lipinski definition) is 2. The Bertz CT molecular complexity index is 535. The second-order valence-corrected chi connectivity index (χ2v) is 6.00. The van der Waals surface area contributed by atoms with Crippen LogP contribution < -0.4 is 4.90 Å². The topological polar surface area (TPSA) is 40.6 Å². The Balaban J connectivity index is 2.71. The highest BCUT2D eigenvalue weighted by molar-refractivity contribution is 6.42. The van der Waals surface area contributed by atoms with Gasteiger partial charge in [0.2, 0.25) is 11.8 Å². The molecule has 0 bridgehead atoms. The maximum atomic E-state index is 12.1. The SMILES string of the molecule is CCCCN(C)C(=O)CCN(C(C)=O)c1ccc(Cl)c(Cl)c1. The Labute approximate surface area is 142 Å². The van der Waals surface area contributed by atoms with Crippen LogP contribution in [0.25, 0.3) is 0 Å². The molecule has 0 saturated heterocycles. The van der Waals surface area contributed by atoms with Crippen molar-refractivity contribution in [2.24, 2.45) is 0 Å². The van der Waals surface area contributed by atoms with Gasteiger partial charge >= 0.3 is 0 Å². The zero-order chi connectivity index (χ0) is 16.7. The van der Waals surface area contributed by atoms with E-state index in [0.29, 0.717) is 22.3 Å². The number of carbonyl (C=O) groups is 2. The number of unbranched alkanes of at least 4 members (excludes halogenated alkanes) is 1. The zero-order valence-corrected chi connectivity index (χ0v) is 14.7. The molecule has 1 aromatic rings. The standard InChI is InChI=1S/C16H22Cl2N2O2/c1-4-5-9-19(3)16(22)8-10-20(12(2)21)13-6-7-14(17)15(18)11-13/h6-7,11H,4-5,8-10H2,1-3H3. The number of carbonyl (C=O) groups excluding carboxylic acids is 2. The van der Waals surface area contributed by atoms with Crippen molar-refractivity contribution in [3.05, 3.63) is 28.2 Å². The van der Waals surface area contributed by atoms with Crippen molar-refractivity contribution in [3.8, 4) is 0 Å². The normalized spacial score (nSPS) is 10.4. The van der Waals surface area contributed by atoms with Gasteiger partial charge in [-0.05, 0) is 24.6 Å². The first kappa shape index (κ1) is 18.8. The lowest BCUT2D eigenvalue weighted by Crippen LogP contribution is -2.35. The third kappa shape index (κ3) is 5.50. The van der Waals surface area contributed by atoms with E-state index in [0.717, 1.165) is 19.4 Å². The molecule has 0 radical (unpaired) electrons. The minimum Gasteiger partial charge on any atom is -0.346 e. The van der Waals surface area contributed by atoms with E-state index in [1.165, 1.54) is 11.8 Å². The lowest BCUT2D eigenvalue weighted by atomic mass is 10.2. The average Bonchev–Trinajstić information content (AvgIpc) is 2.47. The fourth-order valence-electron chi connectivity index (χ4n) is 2.04. The van der Waals surface area contributed by atoms with Crippen molar-refractivity contribution in [2.45, 2.75) is 33.1 Å². The molecule has 0 N–H and O–H groups in total. The monoisotopic (exact) mass is 344 g/mol. The van der Waals surface area contributed by atoms with Gasteiger partial charge in [-0.25, -0.2) is 0 Å². The van der Waals surface area contributed by atoms with Crippen LogP contribution in [0.2, 0.25) is 10.0 Å². The minimum absolute atomic E-state index is 0.0276. The van der Waals surface area contributed by atoms with Crippen LogP contribution in [0.1, 0.15) is 33.1 Å². The zero-order valence-electron chi connectivity index (χ0n) is 13.2. The molecule has 22 heavy (non-hydrogen) atoms. The predicted octanol–water partition coefficient (Wildman–Crippen LogP) is 3.99. The maximum Gasteiger partial charge on any atom is 0.224 e. The molecule has 0 atom stereocenters. The van der Waals surface area contributed by atoms with Gasteiger partial charge in [-0.2, -0.15) is 0 Å². The maximum absolute atomic E-state index is 12.1. The lowest BCUT2D eigenvalue weighted by Gasteiger charge is -2.23. The van der Waals surface area contributed by atoms with Gasteiger partial charge in [0.15, 0.2) is 0 Å². The van der Waals surface area contributed by atoms with Gasteiger partial charge in [0.25, 0.3) is 0 Å². The number of halogens is 2. The van der Waals surface area contributed by atoms with Crippen LogP contribution in [0, 0.1) is 0 Å². The quantitative estimate of drug-likeness (QED) is 0.750. The molecular formula is C16H22Cl2N2O2. The first-order valence-electron chi connectivity index (χ1n) is 7.34. The Morgan fingerprint density at radius 3 is 2.36 bits per heavy atom. The third-order valence-corrected chi connectivity index (χ3v) is 4.16.